The zero-order valence-corrected chi connectivity index (χ0v) is 11.6. The normalized spacial score (nSPS) is 31.2. The molecule has 2 atom stereocenters. The fraction of sp³-hybridized carbons (Fsp3) is 0.625. The molecule has 0 spiro atoms. The average Bonchev–Trinajstić information content (AvgIpc) is 2.80. The van der Waals surface area contributed by atoms with E-state index in [1.54, 1.807) is 0 Å². The van der Waals surface area contributed by atoms with Gasteiger partial charge in [0.25, 0.3) is 0 Å². The van der Waals surface area contributed by atoms with Crippen molar-refractivity contribution in [3.05, 3.63) is 29.8 Å². The van der Waals surface area contributed by atoms with E-state index in [1.165, 1.54) is 12.8 Å². The number of nitrogens with zero attached hydrogens (tertiary/aromatic N) is 1. The largest absolute Gasteiger partial charge is 0.494 e. The van der Waals surface area contributed by atoms with E-state index in [4.69, 9.17) is 4.74 Å². The SMILES string of the molecule is CCOc1ccc(C2(O)CCN3CCCCC32)cc1. The first-order valence-corrected chi connectivity index (χ1v) is 7.44. The topological polar surface area (TPSA) is 32.7 Å². The first kappa shape index (κ1) is 12.9. The summed E-state index contributed by atoms with van der Waals surface area (Å²) in [6, 6.07) is 8.32. The number of benzene rings is 1. The van der Waals surface area contributed by atoms with Gasteiger partial charge in [0, 0.05) is 12.6 Å². The van der Waals surface area contributed by atoms with Gasteiger partial charge in [-0.15, -0.1) is 0 Å². The van der Waals surface area contributed by atoms with Crippen LogP contribution in [0.2, 0.25) is 0 Å². The molecule has 2 saturated heterocycles. The second-order valence-corrected chi connectivity index (χ2v) is 5.68. The molecule has 0 saturated carbocycles. The Morgan fingerprint density at radius 2 is 2.05 bits per heavy atom. The van der Waals surface area contributed by atoms with Crippen LogP contribution in [0, 0.1) is 0 Å². The fourth-order valence-electron chi connectivity index (χ4n) is 3.62. The zero-order chi connectivity index (χ0) is 13.3. The van der Waals surface area contributed by atoms with Crippen LogP contribution in [0.5, 0.6) is 5.75 Å². The summed E-state index contributed by atoms with van der Waals surface area (Å²) >= 11 is 0. The highest BCUT2D eigenvalue weighted by molar-refractivity contribution is 5.33. The molecule has 1 N–H and O–H groups in total. The van der Waals surface area contributed by atoms with E-state index in [9.17, 15) is 5.11 Å². The quantitative estimate of drug-likeness (QED) is 0.907. The molecule has 19 heavy (non-hydrogen) atoms. The summed E-state index contributed by atoms with van der Waals surface area (Å²) in [5.74, 6) is 0.883. The van der Waals surface area contributed by atoms with E-state index in [0.717, 1.165) is 37.2 Å². The first-order chi connectivity index (χ1) is 9.24. The van der Waals surface area contributed by atoms with Crippen molar-refractivity contribution in [2.75, 3.05) is 19.7 Å². The molecule has 3 rings (SSSR count). The lowest BCUT2D eigenvalue weighted by Crippen LogP contribution is -2.45. The maximum absolute atomic E-state index is 11.1. The van der Waals surface area contributed by atoms with Crippen LogP contribution in [0.25, 0.3) is 0 Å². The van der Waals surface area contributed by atoms with Crippen molar-refractivity contribution in [1.29, 1.82) is 0 Å². The van der Waals surface area contributed by atoms with Crippen molar-refractivity contribution < 1.29 is 9.84 Å². The minimum atomic E-state index is -0.662. The Balaban J connectivity index is 1.83. The van der Waals surface area contributed by atoms with Gasteiger partial charge >= 0.3 is 0 Å². The third-order valence-electron chi connectivity index (χ3n) is 4.61. The van der Waals surface area contributed by atoms with Crippen LogP contribution in [-0.2, 0) is 5.60 Å². The van der Waals surface area contributed by atoms with Crippen LogP contribution >= 0.6 is 0 Å². The zero-order valence-electron chi connectivity index (χ0n) is 11.6. The lowest BCUT2D eigenvalue weighted by atomic mass is 9.83. The van der Waals surface area contributed by atoms with Gasteiger partial charge in [0.1, 0.15) is 11.4 Å². The maximum atomic E-state index is 11.1. The lowest BCUT2D eigenvalue weighted by molar-refractivity contribution is -0.0138. The molecule has 1 aromatic carbocycles. The van der Waals surface area contributed by atoms with Gasteiger partial charge in [-0.2, -0.15) is 0 Å². The summed E-state index contributed by atoms with van der Waals surface area (Å²) in [6.45, 7) is 4.83. The molecule has 1 aromatic rings. The summed E-state index contributed by atoms with van der Waals surface area (Å²) in [5, 5.41) is 11.1. The first-order valence-electron chi connectivity index (χ1n) is 7.44. The number of hydrogen-bond donors (Lipinski definition) is 1. The van der Waals surface area contributed by atoms with Gasteiger partial charge in [0.05, 0.1) is 6.61 Å². The van der Waals surface area contributed by atoms with E-state index in [0.29, 0.717) is 12.6 Å². The van der Waals surface area contributed by atoms with Crippen molar-refractivity contribution in [2.45, 2.75) is 44.2 Å². The van der Waals surface area contributed by atoms with E-state index in [-0.39, 0.29) is 0 Å². The molecular weight excluding hydrogens is 238 g/mol. The summed E-state index contributed by atoms with van der Waals surface area (Å²) in [6.07, 6.45) is 4.48. The van der Waals surface area contributed by atoms with Gasteiger partial charge < -0.3 is 9.84 Å². The van der Waals surface area contributed by atoms with Crippen LogP contribution in [0.15, 0.2) is 24.3 Å². The van der Waals surface area contributed by atoms with Crippen LogP contribution < -0.4 is 4.74 Å². The molecular formula is C16H23NO2. The Hall–Kier alpha value is -1.06. The van der Waals surface area contributed by atoms with E-state index in [2.05, 4.69) is 4.90 Å². The summed E-state index contributed by atoms with van der Waals surface area (Å²) in [7, 11) is 0. The van der Waals surface area contributed by atoms with Crippen LogP contribution in [0.4, 0.5) is 0 Å². The second kappa shape index (κ2) is 5.14. The highest BCUT2D eigenvalue weighted by atomic mass is 16.5. The lowest BCUT2D eigenvalue weighted by Gasteiger charge is -2.37. The van der Waals surface area contributed by atoms with Gasteiger partial charge in [-0.3, -0.25) is 4.90 Å². The number of aliphatic hydroxyl groups is 1. The molecule has 3 nitrogen and oxygen atoms in total. The summed E-state index contributed by atoms with van der Waals surface area (Å²) in [5.41, 5.74) is 0.385. The number of hydrogen-bond acceptors (Lipinski definition) is 3. The monoisotopic (exact) mass is 261 g/mol. The minimum absolute atomic E-state index is 0.305. The van der Waals surface area contributed by atoms with Crippen LogP contribution in [-0.4, -0.2) is 35.7 Å². The van der Waals surface area contributed by atoms with Gasteiger partial charge in [-0.25, -0.2) is 0 Å². The number of fused-ring (bicyclic) bond motifs is 1. The van der Waals surface area contributed by atoms with Crippen LogP contribution in [0.1, 0.15) is 38.2 Å². The van der Waals surface area contributed by atoms with Crippen molar-refractivity contribution in [3.63, 3.8) is 0 Å². The van der Waals surface area contributed by atoms with Gasteiger partial charge in [-0.05, 0) is 50.4 Å². The van der Waals surface area contributed by atoms with Gasteiger partial charge in [-0.1, -0.05) is 18.6 Å². The Labute approximate surface area is 115 Å². The molecule has 0 aliphatic carbocycles. The molecule has 2 unspecified atom stereocenters. The molecule has 0 amide bonds. The number of rotatable bonds is 3. The van der Waals surface area contributed by atoms with Gasteiger partial charge in [0.2, 0.25) is 0 Å². The number of ether oxygens (including phenoxy) is 1. The maximum Gasteiger partial charge on any atom is 0.119 e. The van der Waals surface area contributed by atoms with Crippen molar-refractivity contribution in [2.24, 2.45) is 0 Å². The highest BCUT2D eigenvalue weighted by Gasteiger charge is 2.47. The third-order valence-corrected chi connectivity index (χ3v) is 4.61. The molecule has 2 aliphatic heterocycles. The van der Waals surface area contributed by atoms with Crippen molar-refractivity contribution >= 4 is 0 Å². The van der Waals surface area contributed by atoms with E-state index < -0.39 is 5.60 Å². The molecule has 104 valence electrons. The predicted octanol–water partition coefficient (Wildman–Crippen LogP) is 2.53. The summed E-state index contributed by atoms with van der Waals surface area (Å²) < 4.78 is 5.47. The predicted molar refractivity (Wildman–Crippen MR) is 75.3 cm³/mol. The molecule has 3 heteroatoms. The van der Waals surface area contributed by atoms with E-state index in [1.807, 2.05) is 31.2 Å². The van der Waals surface area contributed by atoms with E-state index >= 15 is 0 Å². The van der Waals surface area contributed by atoms with Crippen LogP contribution in [0.3, 0.4) is 0 Å². The van der Waals surface area contributed by atoms with Gasteiger partial charge in [0.15, 0.2) is 0 Å². The Morgan fingerprint density at radius 1 is 1.26 bits per heavy atom. The standard InChI is InChI=1S/C16H23NO2/c1-2-19-14-8-6-13(7-9-14)16(18)10-12-17-11-4-3-5-15(16)17/h6-9,15,18H,2-5,10-12H2,1H3. The summed E-state index contributed by atoms with van der Waals surface area (Å²) in [4.78, 5) is 2.46. The molecule has 2 aliphatic rings. The van der Waals surface area contributed by atoms with Crippen molar-refractivity contribution in [1.82, 2.24) is 4.90 Å². The smallest absolute Gasteiger partial charge is 0.119 e. The highest BCUT2D eigenvalue weighted by Crippen LogP contribution is 2.42. The third kappa shape index (κ3) is 2.26. The molecule has 0 aromatic heterocycles. The molecule has 0 bridgehead atoms. The minimum Gasteiger partial charge on any atom is -0.494 e. The Morgan fingerprint density at radius 3 is 2.79 bits per heavy atom. The van der Waals surface area contributed by atoms with Crippen molar-refractivity contribution in [3.8, 4) is 5.75 Å². The second-order valence-electron chi connectivity index (χ2n) is 5.68. The Bertz CT molecular complexity index is 431. The number of piperidine rings is 1. The molecule has 2 heterocycles. The molecule has 0 radical (unpaired) electrons. The average molecular weight is 261 g/mol. The Kier molecular flexibility index (Phi) is 3.50. The molecule has 2 fully saturated rings. The fourth-order valence-corrected chi connectivity index (χ4v) is 3.62.